The highest BCUT2D eigenvalue weighted by atomic mass is 16.2. The van der Waals surface area contributed by atoms with Crippen molar-refractivity contribution in [2.24, 2.45) is 0 Å². The summed E-state index contributed by atoms with van der Waals surface area (Å²) >= 11 is 0. The van der Waals surface area contributed by atoms with Crippen LogP contribution in [0.4, 0.5) is 27.5 Å². The van der Waals surface area contributed by atoms with E-state index in [1.165, 1.54) is 15.9 Å². The van der Waals surface area contributed by atoms with Gasteiger partial charge in [-0.3, -0.25) is 14.5 Å². The first kappa shape index (κ1) is 20.6. The number of carbonyl (C=O) groups excluding carboxylic acids is 3. The van der Waals surface area contributed by atoms with Crippen molar-refractivity contribution in [3.8, 4) is 6.07 Å². The maximum absolute atomic E-state index is 13.5. The molecule has 0 aromatic heterocycles. The van der Waals surface area contributed by atoms with Crippen molar-refractivity contribution in [1.29, 1.82) is 5.26 Å². The van der Waals surface area contributed by atoms with Crippen LogP contribution in [-0.2, 0) is 9.59 Å². The molecular formula is C24H19N5O3. The van der Waals surface area contributed by atoms with Crippen LogP contribution in [-0.4, -0.2) is 30.9 Å². The van der Waals surface area contributed by atoms with Crippen molar-refractivity contribution in [2.45, 2.75) is 6.04 Å². The van der Waals surface area contributed by atoms with Crippen molar-refractivity contribution in [3.63, 3.8) is 0 Å². The first-order chi connectivity index (χ1) is 15.5. The van der Waals surface area contributed by atoms with Crippen LogP contribution in [0.25, 0.3) is 0 Å². The van der Waals surface area contributed by atoms with Crippen LogP contribution in [0.2, 0.25) is 0 Å². The lowest BCUT2D eigenvalue weighted by Crippen LogP contribution is -2.55. The van der Waals surface area contributed by atoms with Gasteiger partial charge in [0.1, 0.15) is 0 Å². The molecule has 158 valence electrons. The maximum Gasteiger partial charge on any atom is 0.320 e. The van der Waals surface area contributed by atoms with E-state index in [4.69, 9.17) is 5.26 Å². The van der Waals surface area contributed by atoms with E-state index >= 15 is 0 Å². The van der Waals surface area contributed by atoms with Gasteiger partial charge >= 0.3 is 6.03 Å². The van der Waals surface area contributed by atoms with Crippen molar-refractivity contribution >= 4 is 40.6 Å². The number of nitriles is 1. The lowest BCUT2D eigenvalue weighted by molar-refractivity contribution is -0.128. The molecule has 0 saturated heterocycles. The number of para-hydroxylation sites is 3. The predicted molar refractivity (Wildman–Crippen MR) is 121 cm³/mol. The Morgan fingerprint density at radius 1 is 0.906 bits per heavy atom. The average Bonchev–Trinajstić information content (AvgIpc) is 2.89. The third-order valence-electron chi connectivity index (χ3n) is 5.07. The molecule has 0 spiro atoms. The monoisotopic (exact) mass is 425 g/mol. The second kappa shape index (κ2) is 8.62. The highest BCUT2D eigenvalue weighted by Gasteiger charge is 2.40. The summed E-state index contributed by atoms with van der Waals surface area (Å²) < 4.78 is 0. The van der Waals surface area contributed by atoms with Gasteiger partial charge in [-0.2, -0.15) is 5.26 Å². The van der Waals surface area contributed by atoms with Crippen molar-refractivity contribution in [3.05, 3.63) is 84.4 Å². The summed E-state index contributed by atoms with van der Waals surface area (Å²) in [6.07, 6.45) is 0. The van der Waals surface area contributed by atoms with Crippen molar-refractivity contribution in [1.82, 2.24) is 5.32 Å². The van der Waals surface area contributed by atoms with Crippen LogP contribution in [0.15, 0.2) is 78.9 Å². The van der Waals surface area contributed by atoms with Crippen LogP contribution in [0.5, 0.6) is 0 Å². The zero-order valence-electron chi connectivity index (χ0n) is 17.1. The predicted octanol–water partition coefficient (Wildman–Crippen LogP) is 3.39. The smallest absolute Gasteiger partial charge is 0.318 e. The molecule has 0 fully saturated rings. The number of nitrogens with one attached hydrogen (secondary N) is 2. The molecule has 0 radical (unpaired) electrons. The minimum absolute atomic E-state index is 0.367. The quantitative estimate of drug-likeness (QED) is 0.628. The SMILES string of the molecule is CN1C(=O)C(NC(=O)Nc2cccc(C#N)c2)C(=O)N(c2ccccc2)c2ccccc21. The zero-order chi connectivity index (χ0) is 22.7. The highest BCUT2D eigenvalue weighted by molar-refractivity contribution is 6.23. The van der Waals surface area contributed by atoms with Crippen LogP contribution in [0, 0.1) is 11.3 Å². The van der Waals surface area contributed by atoms with Crippen molar-refractivity contribution < 1.29 is 14.4 Å². The second-order valence-electron chi connectivity index (χ2n) is 7.12. The number of rotatable bonds is 3. The number of hydrogen-bond donors (Lipinski definition) is 2. The average molecular weight is 425 g/mol. The van der Waals surface area contributed by atoms with Gasteiger partial charge in [0.25, 0.3) is 11.8 Å². The molecule has 8 nitrogen and oxygen atoms in total. The van der Waals surface area contributed by atoms with E-state index in [1.54, 1.807) is 73.8 Å². The molecule has 2 N–H and O–H groups in total. The number of amides is 4. The molecule has 1 atom stereocenters. The Morgan fingerprint density at radius 2 is 1.59 bits per heavy atom. The topological polar surface area (TPSA) is 106 Å². The Kier molecular flexibility index (Phi) is 5.55. The number of likely N-dealkylation sites (N-methyl/N-ethyl adjacent to an activating group) is 1. The lowest BCUT2D eigenvalue weighted by Gasteiger charge is -2.25. The molecule has 4 amide bonds. The normalized spacial score (nSPS) is 15.4. The largest absolute Gasteiger partial charge is 0.320 e. The second-order valence-corrected chi connectivity index (χ2v) is 7.12. The third kappa shape index (κ3) is 3.87. The van der Waals surface area contributed by atoms with Gasteiger partial charge in [0.05, 0.1) is 23.0 Å². The highest BCUT2D eigenvalue weighted by Crippen LogP contribution is 2.37. The number of benzene rings is 3. The van der Waals surface area contributed by atoms with Gasteiger partial charge < -0.3 is 15.5 Å². The molecule has 3 aromatic carbocycles. The summed E-state index contributed by atoms with van der Waals surface area (Å²) in [4.78, 5) is 42.2. The van der Waals surface area contributed by atoms with Gasteiger partial charge in [-0.1, -0.05) is 36.4 Å². The molecule has 0 saturated carbocycles. The Bertz CT molecular complexity index is 1240. The van der Waals surface area contributed by atoms with E-state index in [0.29, 0.717) is 28.3 Å². The molecular weight excluding hydrogens is 406 g/mol. The summed E-state index contributed by atoms with van der Waals surface area (Å²) in [5.41, 5.74) is 2.38. The van der Waals surface area contributed by atoms with E-state index < -0.39 is 23.9 Å². The summed E-state index contributed by atoms with van der Waals surface area (Å²) in [6, 6.07) is 22.1. The fourth-order valence-corrected chi connectivity index (χ4v) is 3.53. The van der Waals surface area contributed by atoms with E-state index in [-0.39, 0.29) is 0 Å². The molecule has 1 heterocycles. The zero-order valence-corrected chi connectivity index (χ0v) is 17.1. The van der Waals surface area contributed by atoms with Crippen molar-refractivity contribution in [2.75, 3.05) is 22.2 Å². The van der Waals surface area contributed by atoms with Crippen LogP contribution in [0.3, 0.4) is 0 Å². The van der Waals surface area contributed by atoms with Gasteiger partial charge in [-0.25, -0.2) is 4.79 Å². The molecule has 4 rings (SSSR count). The summed E-state index contributed by atoms with van der Waals surface area (Å²) in [5.74, 6) is -1.15. The molecule has 0 bridgehead atoms. The molecule has 32 heavy (non-hydrogen) atoms. The molecule has 1 aliphatic rings. The fraction of sp³-hybridized carbons (Fsp3) is 0.0833. The van der Waals surface area contributed by atoms with Crippen LogP contribution in [0.1, 0.15) is 5.56 Å². The summed E-state index contributed by atoms with van der Waals surface area (Å²) in [5, 5.41) is 14.1. The molecule has 1 aliphatic heterocycles. The number of urea groups is 1. The van der Waals surface area contributed by atoms with E-state index in [1.807, 2.05) is 12.1 Å². The van der Waals surface area contributed by atoms with Crippen LogP contribution < -0.4 is 20.4 Å². The van der Waals surface area contributed by atoms with Gasteiger partial charge in [0.15, 0.2) is 6.04 Å². The van der Waals surface area contributed by atoms with Gasteiger partial charge in [0.2, 0.25) is 0 Å². The Hall–Kier alpha value is -4.64. The summed E-state index contributed by atoms with van der Waals surface area (Å²) in [7, 11) is 1.56. The van der Waals surface area contributed by atoms with Gasteiger partial charge in [-0.15, -0.1) is 0 Å². The Balaban J connectivity index is 1.68. The lowest BCUT2D eigenvalue weighted by atomic mass is 10.2. The number of carbonyl (C=O) groups is 3. The number of fused-ring (bicyclic) bond motifs is 1. The van der Waals surface area contributed by atoms with E-state index in [2.05, 4.69) is 10.6 Å². The van der Waals surface area contributed by atoms with Gasteiger partial charge in [-0.05, 0) is 42.5 Å². The molecule has 0 aliphatic carbocycles. The van der Waals surface area contributed by atoms with Crippen LogP contribution >= 0.6 is 0 Å². The third-order valence-corrected chi connectivity index (χ3v) is 5.07. The minimum Gasteiger partial charge on any atom is -0.318 e. The summed E-state index contributed by atoms with van der Waals surface area (Å²) in [6.45, 7) is 0. The molecule has 1 unspecified atom stereocenters. The molecule has 8 heteroatoms. The number of nitrogens with zero attached hydrogens (tertiary/aromatic N) is 3. The first-order valence-electron chi connectivity index (χ1n) is 9.83. The standard InChI is InChI=1S/C24H19N5O3/c1-28-19-12-5-6-13-20(19)29(18-10-3-2-4-11-18)23(31)21(22(28)30)27-24(32)26-17-9-7-8-16(14-17)15-25/h2-14,21H,1H3,(H2,26,27,32). The van der Waals surface area contributed by atoms with E-state index in [0.717, 1.165) is 0 Å². The number of anilines is 4. The van der Waals surface area contributed by atoms with E-state index in [9.17, 15) is 14.4 Å². The minimum atomic E-state index is -1.45. The van der Waals surface area contributed by atoms with Gasteiger partial charge in [0, 0.05) is 18.4 Å². The fourth-order valence-electron chi connectivity index (χ4n) is 3.53. The number of hydrogen-bond acceptors (Lipinski definition) is 4. The maximum atomic E-state index is 13.5. The Labute approximate surface area is 184 Å². The first-order valence-corrected chi connectivity index (χ1v) is 9.83. The Morgan fingerprint density at radius 3 is 2.31 bits per heavy atom. The molecule has 3 aromatic rings.